The summed E-state index contributed by atoms with van der Waals surface area (Å²) >= 11 is 6.16. The molecule has 6 heteroatoms. The third kappa shape index (κ3) is 4.69. The summed E-state index contributed by atoms with van der Waals surface area (Å²) in [7, 11) is 0. The molecule has 0 radical (unpaired) electrons. The highest BCUT2D eigenvalue weighted by atomic mass is 35.5. The second-order valence-corrected chi connectivity index (χ2v) is 6.79. The number of aryl methyl sites for hydroxylation is 2. The van der Waals surface area contributed by atoms with E-state index >= 15 is 0 Å². The second-order valence-electron chi connectivity index (χ2n) is 6.38. The molecule has 2 heterocycles. The third-order valence-corrected chi connectivity index (χ3v) is 4.63. The Labute approximate surface area is 153 Å². The van der Waals surface area contributed by atoms with E-state index in [1.807, 2.05) is 49.1 Å². The van der Waals surface area contributed by atoms with E-state index in [1.54, 1.807) is 0 Å². The van der Waals surface area contributed by atoms with Gasteiger partial charge in [0.2, 0.25) is 11.8 Å². The van der Waals surface area contributed by atoms with Crippen LogP contribution in [0.5, 0.6) is 5.88 Å². The Kier molecular flexibility index (Phi) is 5.53. The zero-order valence-corrected chi connectivity index (χ0v) is 15.3. The number of aromatic nitrogens is 2. The molecular formula is C19H22ClN3O2. The minimum atomic E-state index is -0.0438. The van der Waals surface area contributed by atoms with E-state index in [4.69, 9.17) is 16.3 Å². The lowest BCUT2D eigenvalue weighted by molar-refractivity contribution is -0.133. The van der Waals surface area contributed by atoms with E-state index in [0.29, 0.717) is 29.7 Å². The largest absolute Gasteiger partial charge is 0.472 e. The van der Waals surface area contributed by atoms with Crippen LogP contribution in [0.2, 0.25) is 5.02 Å². The summed E-state index contributed by atoms with van der Waals surface area (Å²) in [6.45, 7) is 5.10. The maximum absolute atomic E-state index is 12.6. The molecule has 5 nitrogen and oxygen atoms in total. The maximum Gasteiger partial charge on any atom is 0.227 e. The fourth-order valence-corrected chi connectivity index (χ4v) is 3.29. The number of hydrogen-bond donors (Lipinski definition) is 0. The van der Waals surface area contributed by atoms with Crippen molar-refractivity contribution in [3.63, 3.8) is 0 Å². The number of ether oxygens (including phenoxy) is 1. The number of piperidine rings is 1. The number of likely N-dealkylation sites (tertiary alicyclic amines) is 1. The van der Waals surface area contributed by atoms with Gasteiger partial charge in [-0.05, 0) is 38.3 Å². The van der Waals surface area contributed by atoms with Crippen LogP contribution < -0.4 is 4.74 Å². The van der Waals surface area contributed by atoms with E-state index in [9.17, 15) is 4.79 Å². The molecule has 1 atom stereocenters. The fourth-order valence-electron chi connectivity index (χ4n) is 3.09. The number of carbonyl (C=O) groups is 1. The Bertz CT molecular complexity index is 746. The summed E-state index contributed by atoms with van der Waals surface area (Å²) < 4.78 is 6.00. The minimum absolute atomic E-state index is 0.0438. The van der Waals surface area contributed by atoms with Gasteiger partial charge < -0.3 is 9.64 Å². The van der Waals surface area contributed by atoms with Gasteiger partial charge in [0.1, 0.15) is 11.9 Å². The zero-order chi connectivity index (χ0) is 17.8. The van der Waals surface area contributed by atoms with Gasteiger partial charge in [-0.1, -0.05) is 29.8 Å². The minimum Gasteiger partial charge on any atom is -0.472 e. The van der Waals surface area contributed by atoms with Gasteiger partial charge in [-0.25, -0.2) is 4.98 Å². The van der Waals surface area contributed by atoms with Crippen molar-refractivity contribution >= 4 is 17.5 Å². The lowest BCUT2D eigenvalue weighted by Gasteiger charge is -2.32. The normalized spacial score (nSPS) is 17.4. The van der Waals surface area contributed by atoms with Crippen LogP contribution in [0.25, 0.3) is 0 Å². The van der Waals surface area contributed by atoms with Gasteiger partial charge in [0.25, 0.3) is 0 Å². The fraction of sp³-hybridized carbons (Fsp3) is 0.421. The molecule has 0 spiro atoms. The summed E-state index contributed by atoms with van der Waals surface area (Å²) in [6.07, 6.45) is 2.11. The van der Waals surface area contributed by atoms with Crippen molar-refractivity contribution in [2.24, 2.45) is 0 Å². The topological polar surface area (TPSA) is 55.3 Å². The average Bonchev–Trinajstić information content (AvgIpc) is 2.56. The molecule has 3 rings (SSSR count). The number of amides is 1. The first-order valence-corrected chi connectivity index (χ1v) is 8.89. The standard InChI is InChI=1S/C19H22ClN3O2/c1-13-10-18(22-14(2)21-13)25-16-7-5-9-23(12-16)19(24)11-15-6-3-4-8-17(15)20/h3-4,6,8,10,16H,5,7,9,11-12H2,1-2H3. The zero-order valence-electron chi connectivity index (χ0n) is 14.5. The highest BCUT2D eigenvalue weighted by molar-refractivity contribution is 6.31. The van der Waals surface area contributed by atoms with Gasteiger partial charge in [-0.15, -0.1) is 0 Å². The molecule has 1 unspecified atom stereocenters. The van der Waals surface area contributed by atoms with Crippen molar-refractivity contribution in [1.82, 2.24) is 14.9 Å². The van der Waals surface area contributed by atoms with Gasteiger partial charge in [-0.2, -0.15) is 4.98 Å². The van der Waals surface area contributed by atoms with Gasteiger partial charge >= 0.3 is 0 Å². The van der Waals surface area contributed by atoms with Crippen LogP contribution in [-0.2, 0) is 11.2 Å². The Hall–Kier alpha value is -2.14. The van der Waals surface area contributed by atoms with Crippen LogP contribution in [-0.4, -0.2) is 40.0 Å². The summed E-state index contributed by atoms with van der Waals surface area (Å²) in [5.41, 5.74) is 1.74. The molecule has 2 aromatic rings. The molecule has 1 saturated heterocycles. The Morgan fingerprint density at radius 3 is 2.88 bits per heavy atom. The van der Waals surface area contributed by atoms with E-state index in [-0.39, 0.29) is 12.0 Å². The maximum atomic E-state index is 12.6. The first-order chi connectivity index (χ1) is 12.0. The Morgan fingerprint density at radius 2 is 2.12 bits per heavy atom. The molecule has 1 aliphatic heterocycles. The van der Waals surface area contributed by atoms with Crippen LogP contribution in [0.15, 0.2) is 30.3 Å². The van der Waals surface area contributed by atoms with Crippen LogP contribution in [0.3, 0.4) is 0 Å². The predicted octanol–water partition coefficient (Wildman–Crippen LogP) is 3.36. The Morgan fingerprint density at radius 1 is 1.32 bits per heavy atom. The van der Waals surface area contributed by atoms with E-state index < -0.39 is 0 Å². The second kappa shape index (κ2) is 7.83. The summed E-state index contributed by atoms with van der Waals surface area (Å²) in [5, 5.41) is 0.632. The molecule has 1 fully saturated rings. The van der Waals surface area contributed by atoms with Gasteiger partial charge in [0.05, 0.1) is 13.0 Å². The molecular weight excluding hydrogens is 338 g/mol. The Balaban J connectivity index is 1.62. The molecule has 0 aliphatic carbocycles. The first-order valence-electron chi connectivity index (χ1n) is 8.51. The lowest BCUT2D eigenvalue weighted by atomic mass is 10.1. The number of halogens is 1. The molecule has 1 aromatic carbocycles. The van der Waals surface area contributed by atoms with E-state index in [2.05, 4.69) is 9.97 Å². The SMILES string of the molecule is Cc1cc(OC2CCCN(C(=O)Cc3ccccc3Cl)C2)nc(C)n1. The number of rotatable bonds is 4. The first kappa shape index (κ1) is 17.7. The van der Waals surface area contributed by atoms with Crippen LogP contribution in [0.1, 0.15) is 29.9 Å². The summed E-state index contributed by atoms with van der Waals surface area (Å²) in [6, 6.07) is 9.30. The lowest BCUT2D eigenvalue weighted by Crippen LogP contribution is -2.45. The van der Waals surface area contributed by atoms with Crippen molar-refractivity contribution in [2.45, 2.75) is 39.2 Å². The van der Waals surface area contributed by atoms with Crippen molar-refractivity contribution in [3.8, 4) is 5.88 Å². The summed E-state index contributed by atoms with van der Waals surface area (Å²) in [5.74, 6) is 1.35. The molecule has 132 valence electrons. The molecule has 25 heavy (non-hydrogen) atoms. The molecule has 1 aliphatic rings. The molecule has 1 aromatic heterocycles. The number of nitrogens with zero attached hydrogens (tertiary/aromatic N) is 3. The summed E-state index contributed by atoms with van der Waals surface area (Å²) in [4.78, 5) is 23.1. The molecule has 0 bridgehead atoms. The average molecular weight is 360 g/mol. The van der Waals surface area contributed by atoms with Crippen molar-refractivity contribution in [2.75, 3.05) is 13.1 Å². The molecule has 0 saturated carbocycles. The van der Waals surface area contributed by atoms with Crippen LogP contribution in [0.4, 0.5) is 0 Å². The molecule has 1 amide bonds. The monoisotopic (exact) mass is 359 g/mol. The van der Waals surface area contributed by atoms with Gasteiger partial charge in [0, 0.05) is 23.3 Å². The third-order valence-electron chi connectivity index (χ3n) is 4.26. The number of benzene rings is 1. The van der Waals surface area contributed by atoms with Crippen molar-refractivity contribution < 1.29 is 9.53 Å². The van der Waals surface area contributed by atoms with E-state index in [1.165, 1.54) is 0 Å². The van der Waals surface area contributed by atoms with Crippen LogP contribution in [0, 0.1) is 13.8 Å². The number of carbonyl (C=O) groups excluding carboxylic acids is 1. The highest BCUT2D eigenvalue weighted by Gasteiger charge is 2.25. The molecule has 0 N–H and O–H groups in total. The van der Waals surface area contributed by atoms with Gasteiger partial charge in [0.15, 0.2) is 0 Å². The highest BCUT2D eigenvalue weighted by Crippen LogP contribution is 2.20. The number of hydrogen-bond acceptors (Lipinski definition) is 4. The van der Waals surface area contributed by atoms with Gasteiger partial charge in [-0.3, -0.25) is 4.79 Å². The van der Waals surface area contributed by atoms with E-state index in [0.717, 1.165) is 30.6 Å². The quantitative estimate of drug-likeness (QED) is 0.840. The van der Waals surface area contributed by atoms with Crippen molar-refractivity contribution in [3.05, 3.63) is 52.4 Å². The van der Waals surface area contributed by atoms with Crippen molar-refractivity contribution in [1.29, 1.82) is 0 Å². The smallest absolute Gasteiger partial charge is 0.227 e. The van der Waals surface area contributed by atoms with Crippen LogP contribution >= 0.6 is 11.6 Å². The predicted molar refractivity (Wildman–Crippen MR) is 96.9 cm³/mol.